The number of benzene rings is 2. The predicted octanol–water partition coefficient (Wildman–Crippen LogP) is 4.92. The first-order valence-electron chi connectivity index (χ1n) is 10.0. The molecule has 33 heavy (non-hydrogen) atoms. The van der Waals surface area contributed by atoms with Crippen molar-refractivity contribution in [3.63, 3.8) is 0 Å². The normalized spacial score (nSPS) is 13.6. The highest BCUT2D eigenvalue weighted by Gasteiger charge is 2.31. The number of aromatic nitrogens is 1. The number of nitrogens with zero attached hydrogens (tertiary/aromatic N) is 1. The summed E-state index contributed by atoms with van der Waals surface area (Å²) in [6.45, 7) is 1.73. The van der Waals surface area contributed by atoms with Crippen LogP contribution in [0.5, 0.6) is 23.1 Å². The number of fused-ring (bicyclic) bond motifs is 1. The number of carbonyl (C=O) groups is 2. The molecule has 0 saturated heterocycles. The highest BCUT2D eigenvalue weighted by molar-refractivity contribution is 9.10. The van der Waals surface area contributed by atoms with Crippen molar-refractivity contribution >= 4 is 33.8 Å². The third-order valence-corrected chi connectivity index (χ3v) is 5.55. The Hall–Kier alpha value is -3.59. The number of methoxy groups -OCH3 is 2. The number of aryl methyl sites for hydroxylation is 1. The lowest BCUT2D eigenvalue weighted by Crippen LogP contribution is -2.10. The lowest BCUT2D eigenvalue weighted by atomic mass is 10.1. The van der Waals surface area contributed by atoms with Gasteiger partial charge in [0.2, 0.25) is 5.78 Å². The van der Waals surface area contributed by atoms with Gasteiger partial charge in [0.1, 0.15) is 23.0 Å². The summed E-state index contributed by atoms with van der Waals surface area (Å²) in [6, 6.07) is 10.3. The molecule has 170 valence electrons. The molecule has 1 aliphatic heterocycles. The van der Waals surface area contributed by atoms with E-state index in [4.69, 9.17) is 23.5 Å². The summed E-state index contributed by atoms with van der Waals surface area (Å²) in [5, 5.41) is 3.70. The minimum atomic E-state index is -0.452. The van der Waals surface area contributed by atoms with Crippen LogP contribution < -0.4 is 18.9 Å². The van der Waals surface area contributed by atoms with E-state index in [1.807, 2.05) is 12.1 Å². The van der Waals surface area contributed by atoms with Gasteiger partial charge in [-0.05, 0) is 48.5 Å². The molecule has 0 atom stereocenters. The van der Waals surface area contributed by atoms with Gasteiger partial charge < -0.3 is 23.5 Å². The maximum atomic E-state index is 12.9. The minimum Gasteiger partial charge on any atom is -0.496 e. The van der Waals surface area contributed by atoms with E-state index in [-0.39, 0.29) is 18.0 Å². The molecule has 4 rings (SSSR count). The number of hydrogen-bond donors (Lipinski definition) is 0. The Labute approximate surface area is 198 Å². The fourth-order valence-electron chi connectivity index (χ4n) is 3.34. The van der Waals surface area contributed by atoms with Crippen LogP contribution in [0.15, 0.2) is 51.2 Å². The summed E-state index contributed by atoms with van der Waals surface area (Å²) in [4.78, 5) is 25.2. The number of allylic oxidation sites excluding steroid dienone is 1. The number of halogens is 1. The van der Waals surface area contributed by atoms with E-state index in [0.29, 0.717) is 52.0 Å². The van der Waals surface area contributed by atoms with Crippen LogP contribution in [-0.4, -0.2) is 31.1 Å². The third kappa shape index (κ3) is 4.78. The first-order chi connectivity index (χ1) is 15.9. The Balaban J connectivity index is 1.50. The molecular formula is C24H20BrNO7. The minimum absolute atomic E-state index is 0.0858. The number of Topliss-reactive ketones (excluding diaryl/α,β-unsaturated/α-hetero) is 1. The largest absolute Gasteiger partial charge is 0.496 e. The van der Waals surface area contributed by atoms with Crippen LogP contribution in [0.3, 0.4) is 0 Å². The zero-order valence-corrected chi connectivity index (χ0v) is 19.7. The Kier molecular flexibility index (Phi) is 6.50. The number of hydrogen-bond acceptors (Lipinski definition) is 8. The zero-order valence-electron chi connectivity index (χ0n) is 18.1. The summed E-state index contributed by atoms with van der Waals surface area (Å²) in [6.07, 6.45) is 2.03. The second-order valence-corrected chi connectivity index (χ2v) is 8.12. The first-order valence-corrected chi connectivity index (χ1v) is 10.8. The van der Waals surface area contributed by atoms with Crippen molar-refractivity contribution in [2.24, 2.45) is 0 Å². The molecular weight excluding hydrogens is 494 g/mol. The number of rotatable bonds is 7. The Morgan fingerprint density at radius 2 is 1.91 bits per heavy atom. The van der Waals surface area contributed by atoms with Gasteiger partial charge in [0.05, 0.1) is 26.2 Å². The lowest BCUT2D eigenvalue weighted by Gasteiger charge is -2.10. The van der Waals surface area contributed by atoms with Crippen molar-refractivity contribution < 1.29 is 33.1 Å². The van der Waals surface area contributed by atoms with E-state index in [2.05, 4.69) is 21.1 Å². The van der Waals surface area contributed by atoms with Crippen LogP contribution in [0.4, 0.5) is 0 Å². The molecule has 2 heterocycles. The van der Waals surface area contributed by atoms with Crippen LogP contribution in [0.2, 0.25) is 0 Å². The standard InChI is InChI=1S/C24H20BrNO7/c1-13-18(31-22(27)9-5-16-12-21(30-3)26-33-16)8-6-17-23(28)20(32-24(13)17)11-14-10-15(25)4-7-19(14)29-2/h4,6-8,10-12H,5,9H2,1-3H3/b20-11-. The average Bonchev–Trinajstić information content (AvgIpc) is 3.39. The Morgan fingerprint density at radius 1 is 1.12 bits per heavy atom. The van der Waals surface area contributed by atoms with E-state index < -0.39 is 5.97 Å². The molecule has 8 nitrogen and oxygen atoms in total. The quantitative estimate of drug-likeness (QED) is 0.249. The summed E-state index contributed by atoms with van der Waals surface area (Å²) in [5.41, 5.74) is 1.65. The fraction of sp³-hybridized carbons (Fsp3) is 0.208. The number of carbonyl (C=O) groups excluding carboxylic acids is 2. The second kappa shape index (κ2) is 9.50. The van der Waals surface area contributed by atoms with Crippen molar-refractivity contribution in [3.05, 3.63) is 69.1 Å². The lowest BCUT2D eigenvalue weighted by molar-refractivity contribution is -0.134. The monoisotopic (exact) mass is 513 g/mol. The van der Waals surface area contributed by atoms with Crippen LogP contribution >= 0.6 is 15.9 Å². The Bertz CT molecular complexity index is 1260. The summed E-state index contributed by atoms with van der Waals surface area (Å²) in [5.74, 6) is 1.61. The molecule has 0 radical (unpaired) electrons. The first kappa shape index (κ1) is 22.6. The van der Waals surface area contributed by atoms with Gasteiger partial charge in [-0.1, -0.05) is 15.9 Å². The van der Waals surface area contributed by atoms with E-state index in [0.717, 1.165) is 4.47 Å². The van der Waals surface area contributed by atoms with Crippen molar-refractivity contribution in [2.45, 2.75) is 19.8 Å². The van der Waals surface area contributed by atoms with Crippen molar-refractivity contribution in [1.29, 1.82) is 0 Å². The van der Waals surface area contributed by atoms with E-state index in [1.165, 1.54) is 7.11 Å². The van der Waals surface area contributed by atoms with Crippen LogP contribution in [0.25, 0.3) is 6.08 Å². The molecule has 2 aromatic carbocycles. The maximum Gasteiger partial charge on any atom is 0.311 e. The second-order valence-electron chi connectivity index (χ2n) is 7.20. The van der Waals surface area contributed by atoms with Gasteiger partial charge in [-0.25, -0.2) is 0 Å². The van der Waals surface area contributed by atoms with Gasteiger partial charge in [-0.15, -0.1) is 0 Å². The number of ketones is 1. The third-order valence-electron chi connectivity index (χ3n) is 5.06. The molecule has 1 aliphatic rings. The highest BCUT2D eigenvalue weighted by Crippen LogP contribution is 2.40. The molecule has 0 N–H and O–H groups in total. The van der Waals surface area contributed by atoms with E-state index >= 15 is 0 Å². The summed E-state index contributed by atoms with van der Waals surface area (Å²) < 4.78 is 27.6. The molecule has 3 aromatic rings. The van der Waals surface area contributed by atoms with Crippen LogP contribution in [0, 0.1) is 6.92 Å². The van der Waals surface area contributed by atoms with Gasteiger partial charge in [-0.3, -0.25) is 9.59 Å². The highest BCUT2D eigenvalue weighted by atomic mass is 79.9. The molecule has 0 saturated carbocycles. The molecule has 0 fully saturated rings. The number of ether oxygens (including phenoxy) is 4. The van der Waals surface area contributed by atoms with E-state index in [9.17, 15) is 9.59 Å². The fourth-order valence-corrected chi connectivity index (χ4v) is 3.72. The SMILES string of the molecule is COc1cc(CCC(=O)Oc2ccc3c(c2C)O/C(=C\c2cc(Br)ccc2OC)C3=O)on1. The number of esters is 1. The van der Waals surface area contributed by atoms with Crippen molar-refractivity contribution in [2.75, 3.05) is 14.2 Å². The van der Waals surface area contributed by atoms with Gasteiger partial charge in [0.25, 0.3) is 5.88 Å². The zero-order chi connectivity index (χ0) is 23.5. The molecule has 0 unspecified atom stereocenters. The molecule has 0 aliphatic carbocycles. The average molecular weight is 514 g/mol. The molecule has 0 bridgehead atoms. The molecule has 9 heteroatoms. The smallest absolute Gasteiger partial charge is 0.311 e. The van der Waals surface area contributed by atoms with Crippen LogP contribution in [0.1, 0.15) is 33.7 Å². The molecule has 0 amide bonds. The summed E-state index contributed by atoms with van der Waals surface area (Å²) >= 11 is 3.42. The van der Waals surface area contributed by atoms with Crippen molar-refractivity contribution in [1.82, 2.24) is 5.16 Å². The topological polar surface area (TPSA) is 97.1 Å². The maximum absolute atomic E-state index is 12.9. The van der Waals surface area contributed by atoms with Gasteiger partial charge >= 0.3 is 5.97 Å². The van der Waals surface area contributed by atoms with Gasteiger partial charge in [-0.2, -0.15) is 0 Å². The predicted molar refractivity (Wildman–Crippen MR) is 122 cm³/mol. The van der Waals surface area contributed by atoms with Crippen LogP contribution in [-0.2, 0) is 11.2 Å². The molecule has 1 aromatic heterocycles. The van der Waals surface area contributed by atoms with Crippen molar-refractivity contribution in [3.8, 4) is 23.1 Å². The Morgan fingerprint density at radius 3 is 2.64 bits per heavy atom. The molecule has 0 spiro atoms. The van der Waals surface area contributed by atoms with Gasteiger partial charge in [0, 0.05) is 28.1 Å². The van der Waals surface area contributed by atoms with Gasteiger partial charge in [0.15, 0.2) is 5.76 Å². The summed E-state index contributed by atoms with van der Waals surface area (Å²) in [7, 11) is 3.04. The van der Waals surface area contributed by atoms with E-state index in [1.54, 1.807) is 44.4 Å².